The Bertz CT molecular complexity index is 1230. The highest BCUT2D eigenvalue weighted by atomic mass is 16.5. The van der Waals surface area contributed by atoms with Crippen LogP contribution >= 0.6 is 0 Å². The molecular weight excluding hydrogens is 492 g/mol. The lowest BCUT2D eigenvalue weighted by Crippen LogP contribution is -2.50. The van der Waals surface area contributed by atoms with E-state index in [4.69, 9.17) is 4.74 Å². The van der Waals surface area contributed by atoms with Gasteiger partial charge in [0.25, 0.3) is 11.8 Å². The third-order valence-electron chi connectivity index (χ3n) is 9.39. The van der Waals surface area contributed by atoms with Crippen LogP contribution in [0.3, 0.4) is 0 Å². The first-order chi connectivity index (χ1) is 19.0. The van der Waals surface area contributed by atoms with Crippen molar-refractivity contribution in [2.24, 2.45) is 5.41 Å². The summed E-state index contributed by atoms with van der Waals surface area (Å²) < 4.78 is 5.56. The molecule has 4 heterocycles. The SMILES string of the molecule is CCN1CCN(C[C@@H](O)[C@@H]2Cc3ccccc3CN2)C(=O)c2ccc(C(=O)N3CCC4(CCOCC4)C3)cc21. The zero-order chi connectivity index (χ0) is 27.0. The summed E-state index contributed by atoms with van der Waals surface area (Å²) in [5.74, 6) is -0.0395. The molecule has 2 aromatic carbocycles. The number of β-amino-alcohol motifs (C(OH)–C–C–N with tert-alkyl or cyclic N) is 1. The van der Waals surface area contributed by atoms with Crippen LogP contribution in [0.4, 0.5) is 5.69 Å². The minimum absolute atomic E-state index is 0.0462. The maximum absolute atomic E-state index is 13.7. The van der Waals surface area contributed by atoms with Gasteiger partial charge in [0.1, 0.15) is 0 Å². The number of amides is 2. The van der Waals surface area contributed by atoms with E-state index in [0.29, 0.717) is 24.2 Å². The third-order valence-corrected chi connectivity index (χ3v) is 9.39. The van der Waals surface area contributed by atoms with E-state index in [-0.39, 0.29) is 29.8 Å². The summed E-state index contributed by atoms with van der Waals surface area (Å²) in [7, 11) is 0. The number of likely N-dealkylation sites (N-methyl/N-ethyl adjacent to an activating group) is 1. The molecule has 0 saturated carbocycles. The Balaban J connectivity index is 1.17. The quantitative estimate of drug-likeness (QED) is 0.616. The summed E-state index contributed by atoms with van der Waals surface area (Å²) in [6, 6.07) is 13.7. The van der Waals surface area contributed by atoms with E-state index in [0.717, 1.165) is 70.8 Å². The number of rotatable bonds is 5. The molecule has 0 aromatic heterocycles. The molecule has 0 aliphatic carbocycles. The second kappa shape index (κ2) is 10.9. The van der Waals surface area contributed by atoms with Gasteiger partial charge >= 0.3 is 0 Å². The fourth-order valence-electron chi connectivity index (χ4n) is 6.85. The number of fused-ring (bicyclic) bond motifs is 2. The van der Waals surface area contributed by atoms with Gasteiger partial charge in [0.05, 0.1) is 17.4 Å². The monoisotopic (exact) mass is 532 g/mol. The molecule has 2 amide bonds. The van der Waals surface area contributed by atoms with Gasteiger partial charge in [-0.05, 0) is 67.3 Å². The van der Waals surface area contributed by atoms with Crippen LogP contribution in [-0.2, 0) is 17.7 Å². The average Bonchev–Trinajstić information content (AvgIpc) is 3.32. The van der Waals surface area contributed by atoms with E-state index < -0.39 is 6.10 Å². The number of hydrogen-bond donors (Lipinski definition) is 2. The molecule has 1 spiro atoms. The fourth-order valence-corrected chi connectivity index (χ4v) is 6.85. The molecule has 2 N–H and O–H groups in total. The first kappa shape index (κ1) is 26.3. The zero-order valence-corrected chi connectivity index (χ0v) is 22.9. The molecule has 6 rings (SSSR count). The van der Waals surface area contributed by atoms with Crippen LogP contribution in [0.5, 0.6) is 0 Å². The minimum atomic E-state index is -0.674. The van der Waals surface area contributed by atoms with E-state index in [9.17, 15) is 14.7 Å². The Hall–Kier alpha value is -2.94. The molecule has 4 aliphatic rings. The lowest BCUT2D eigenvalue weighted by atomic mass is 9.80. The second-order valence-corrected chi connectivity index (χ2v) is 11.7. The number of aliphatic hydroxyl groups is 1. The van der Waals surface area contributed by atoms with Gasteiger partial charge in [0.2, 0.25) is 0 Å². The number of carbonyl (C=O) groups is 2. The highest BCUT2D eigenvalue weighted by Gasteiger charge is 2.41. The van der Waals surface area contributed by atoms with Crippen molar-refractivity contribution in [3.63, 3.8) is 0 Å². The Morgan fingerprint density at radius 3 is 2.64 bits per heavy atom. The molecule has 0 radical (unpaired) electrons. The number of carbonyl (C=O) groups excluding carboxylic acids is 2. The number of ether oxygens (including phenoxy) is 1. The standard InChI is InChI=1S/C31H40N4O4/c1-2-33-13-14-34(20-28(36)26-17-22-5-3-4-6-24(22)19-32-26)30(38)25-8-7-23(18-27(25)33)29(37)35-12-9-31(21-35)10-15-39-16-11-31/h3-8,18,26,28,32,36H,2,9-17,19-21H2,1H3/t26-,28+/m0/s1. The first-order valence-electron chi connectivity index (χ1n) is 14.5. The van der Waals surface area contributed by atoms with Gasteiger partial charge in [-0.1, -0.05) is 24.3 Å². The summed E-state index contributed by atoms with van der Waals surface area (Å²) in [4.78, 5) is 33.2. The topological polar surface area (TPSA) is 85.3 Å². The average molecular weight is 533 g/mol. The van der Waals surface area contributed by atoms with Crippen molar-refractivity contribution in [3.05, 3.63) is 64.7 Å². The molecule has 39 heavy (non-hydrogen) atoms. The minimum Gasteiger partial charge on any atom is -0.390 e. The van der Waals surface area contributed by atoms with Crippen LogP contribution in [0, 0.1) is 5.41 Å². The van der Waals surface area contributed by atoms with Gasteiger partial charge in [0.15, 0.2) is 0 Å². The Labute approximate surface area is 230 Å². The Morgan fingerprint density at radius 1 is 1.08 bits per heavy atom. The lowest BCUT2D eigenvalue weighted by molar-refractivity contribution is 0.0191. The summed E-state index contributed by atoms with van der Waals surface area (Å²) in [6.45, 7) is 8.12. The summed E-state index contributed by atoms with van der Waals surface area (Å²) in [6.07, 6.45) is 3.14. The van der Waals surface area contributed by atoms with Crippen molar-refractivity contribution in [1.29, 1.82) is 0 Å². The van der Waals surface area contributed by atoms with Gasteiger partial charge in [-0.3, -0.25) is 9.59 Å². The van der Waals surface area contributed by atoms with Crippen LogP contribution in [0.15, 0.2) is 42.5 Å². The maximum atomic E-state index is 13.7. The van der Waals surface area contributed by atoms with Gasteiger partial charge in [-0.25, -0.2) is 0 Å². The molecule has 2 aromatic rings. The largest absolute Gasteiger partial charge is 0.390 e. The van der Waals surface area contributed by atoms with E-state index in [2.05, 4.69) is 29.3 Å². The summed E-state index contributed by atoms with van der Waals surface area (Å²) in [5.41, 5.74) is 4.77. The van der Waals surface area contributed by atoms with Gasteiger partial charge in [-0.15, -0.1) is 0 Å². The number of anilines is 1. The molecule has 2 atom stereocenters. The molecule has 0 bridgehead atoms. The number of hydrogen-bond acceptors (Lipinski definition) is 6. The number of benzene rings is 2. The number of nitrogens with one attached hydrogen (secondary N) is 1. The van der Waals surface area contributed by atoms with E-state index in [1.165, 1.54) is 11.1 Å². The molecule has 0 unspecified atom stereocenters. The zero-order valence-electron chi connectivity index (χ0n) is 22.9. The van der Waals surface area contributed by atoms with Crippen molar-refractivity contribution in [3.8, 4) is 0 Å². The number of aliphatic hydroxyl groups excluding tert-OH is 1. The Morgan fingerprint density at radius 2 is 1.85 bits per heavy atom. The molecule has 208 valence electrons. The number of nitrogens with zero attached hydrogens (tertiary/aromatic N) is 3. The van der Waals surface area contributed by atoms with Crippen molar-refractivity contribution >= 4 is 17.5 Å². The lowest BCUT2D eigenvalue weighted by Gasteiger charge is -2.33. The molecule has 8 nitrogen and oxygen atoms in total. The Kier molecular flexibility index (Phi) is 7.35. The molecular formula is C31H40N4O4. The molecule has 4 aliphatic heterocycles. The van der Waals surface area contributed by atoms with E-state index >= 15 is 0 Å². The van der Waals surface area contributed by atoms with Crippen LogP contribution in [-0.4, -0.2) is 91.3 Å². The van der Waals surface area contributed by atoms with Crippen molar-refractivity contribution in [1.82, 2.24) is 15.1 Å². The van der Waals surface area contributed by atoms with Gasteiger partial charge < -0.3 is 29.9 Å². The van der Waals surface area contributed by atoms with Gasteiger partial charge in [0, 0.05) is 70.6 Å². The predicted molar refractivity (Wildman–Crippen MR) is 150 cm³/mol. The highest BCUT2D eigenvalue weighted by molar-refractivity contribution is 6.03. The van der Waals surface area contributed by atoms with E-state index in [1.54, 1.807) is 11.0 Å². The van der Waals surface area contributed by atoms with Crippen molar-refractivity contribution in [2.45, 2.75) is 51.3 Å². The first-order valence-corrected chi connectivity index (χ1v) is 14.5. The van der Waals surface area contributed by atoms with Crippen LogP contribution in [0.2, 0.25) is 0 Å². The van der Waals surface area contributed by atoms with Crippen LogP contribution < -0.4 is 10.2 Å². The van der Waals surface area contributed by atoms with Crippen molar-refractivity contribution < 1.29 is 19.4 Å². The molecule has 2 fully saturated rings. The van der Waals surface area contributed by atoms with Gasteiger partial charge in [-0.2, -0.15) is 0 Å². The smallest absolute Gasteiger partial charge is 0.256 e. The summed E-state index contributed by atoms with van der Waals surface area (Å²) in [5, 5.41) is 14.6. The maximum Gasteiger partial charge on any atom is 0.256 e. The van der Waals surface area contributed by atoms with Crippen LogP contribution in [0.1, 0.15) is 58.0 Å². The van der Waals surface area contributed by atoms with Crippen molar-refractivity contribution in [2.75, 3.05) is 57.4 Å². The third kappa shape index (κ3) is 5.17. The highest BCUT2D eigenvalue weighted by Crippen LogP contribution is 2.40. The normalized spacial score (nSPS) is 23.4. The predicted octanol–water partition coefficient (Wildman–Crippen LogP) is 2.69. The van der Waals surface area contributed by atoms with Crippen LogP contribution in [0.25, 0.3) is 0 Å². The fraction of sp³-hybridized carbons (Fsp3) is 0.548. The summed E-state index contributed by atoms with van der Waals surface area (Å²) >= 11 is 0. The van der Waals surface area contributed by atoms with E-state index in [1.807, 2.05) is 29.2 Å². The molecule has 2 saturated heterocycles. The molecule has 8 heteroatoms. The second-order valence-electron chi connectivity index (χ2n) is 11.7. The number of likely N-dealkylation sites (tertiary alicyclic amines) is 1.